The Morgan fingerprint density at radius 3 is 2.23 bits per heavy atom. The smallest absolute Gasteiger partial charge is 0.251 e. The summed E-state index contributed by atoms with van der Waals surface area (Å²) in [5.74, 6) is 0.579. The summed E-state index contributed by atoms with van der Waals surface area (Å²) in [6, 6.07) is 14.0. The van der Waals surface area contributed by atoms with E-state index in [2.05, 4.69) is 14.9 Å². The van der Waals surface area contributed by atoms with Crippen molar-refractivity contribution < 1.29 is 17.9 Å². The molecule has 1 aliphatic heterocycles. The van der Waals surface area contributed by atoms with Gasteiger partial charge in [0.2, 0.25) is 10.0 Å². The van der Waals surface area contributed by atoms with Crippen LogP contribution in [0.1, 0.15) is 41.2 Å². The van der Waals surface area contributed by atoms with Gasteiger partial charge in [-0.3, -0.25) is 9.69 Å². The zero-order valence-electron chi connectivity index (χ0n) is 17.4. The molecule has 8 heteroatoms. The second kappa shape index (κ2) is 10.1. The fraction of sp³-hybridized carbons (Fsp3) is 0.409. The molecule has 3 rings (SSSR count). The van der Waals surface area contributed by atoms with Gasteiger partial charge in [0.05, 0.1) is 18.0 Å². The highest BCUT2D eigenvalue weighted by Crippen LogP contribution is 2.26. The van der Waals surface area contributed by atoms with Gasteiger partial charge in [-0.2, -0.15) is 0 Å². The third-order valence-electron chi connectivity index (χ3n) is 5.48. The minimum Gasteiger partial charge on any atom is -0.497 e. The summed E-state index contributed by atoms with van der Waals surface area (Å²) in [6.45, 7) is 2.48. The number of ether oxygens (including phenoxy) is 1. The fourth-order valence-corrected chi connectivity index (χ4v) is 4.44. The van der Waals surface area contributed by atoms with Gasteiger partial charge >= 0.3 is 0 Å². The van der Waals surface area contributed by atoms with E-state index in [1.165, 1.54) is 37.7 Å². The molecule has 2 aromatic rings. The Hall–Kier alpha value is -2.42. The maximum absolute atomic E-state index is 12.7. The molecular weight excluding hydrogens is 402 g/mol. The summed E-state index contributed by atoms with van der Waals surface area (Å²) in [7, 11) is -0.521. The molecule has 7 nitrogen and oxygen atoms in total. The second-order valence-electron chi connectivity index (χ2n) is 7.33. The van der Waals surface area contributed by atoms with Crippen molar-refractivity contribution in [1.29, 1.82) is 0 Å². The first-order valence-electron chi connectivity index (χ1n) is 10.1. The van der Waals surface area contributed by atoms with Gasteiger partial charge in [0, 0.05) is 12.1 Å². The van der Waals surface area contributed by atoms with Crippen LogP contribution in [0.3, 0.4) is 0 Å². The van der Waals surface area contributed by atoms with Gasteiger partial charge in [0.25, 0.3) is 5.91 Å². The van der Waals surface area contributed by atoms with Crippen molar-refractivity contribution in [1.82, 2.24) is 14.9 Å². The van der Waals surface area contributed by atoms with E-state index in [-0.39, 0.29) is 16.8 Å². The van der Waals surface area contributed by atoms with Crippen molar-refractivity contribution in [2.45, 2.75) is 30.2 Å². The second-order valence-corrected chi connectivity index (χ2v) is 9.21. The van der Waals surface area contributed by atoms with Crippen molar-refractivity contribution in [2.24, 2.45) is 0 Å². The summed E-state index contributed by atoms with van der Waals surface area (Å²) in [5, 5.41) is 3.02. The quantitative estimate of drug-likeness (QED) is 0.671. The van der Waals surface area contributed by atoms with Crippen LogP contribution in [0.4, 0.5) is 0 Å². The Balaban J connectivity index is 1.71. The largest absolute Gasteiger partial charge is 0.497 e. The van der Waals surface area contributed by atoms with Gasteiger partial charge in [-0.15, -0.1) is 0 Å². The highest BCUT2D eigenvalue weighted by molar-refractivity contribution is 7.89. The molecule has 1 unspecified atom stereocenters. The summed E-state index contributed by atoms with van der Waals surface area (Å²) in [4.78, 5) is 15.2. The number of benzene rings is 2. The number of methoxy groups -OCH3 is 1. The zero-order valence-corrected chi connectivity index (χ0v) is 18.2. The summed E-state index contributed by atoms with van der Waals surface area (Å²) >= 11 is 0. The van der Waals surface area contributed by atoms with Crippen LogP contribution in [0.5, 0.6) is 5.75 Å². The Morgan fingerprint density at radius 2 is 1.67 bits per heavy atom. The average Bonchev–Trinajstić information content (AvgIpc) is 2.80. The number of hydrogen-bond donors (Lipinski definition) is 2. The van der Waals surface area contributed by atoms with Gasteiger partial charge in [0.15, 0.2) is 0 Å². The molecule has 0 radical (unpaired) electrons. The van der Waals surface area contributed by atoms with Crippen molar-refractivity contribution in [2.75, 3.05) is 33.8 Å². The summed E-state index contributed by atoms with van der Waals surface area (Å²) in [5.41, 5.74) is 1.56. The predicted molar refractivity (Wildman–Crippen MR) is 116 cm³/mol. The van der Waals surface area contributed by atoms with Gasteiger partial charge < -0.3 is 10.1 Å². The Morgan fingerprint density at radius 1 is 1.03 bits per heavy atom. The van der Waals surface area contributed by atoms with Crippen LogP contribution in [0.2, 0.25) is 0 Å². The first-order chi connectivity index (χ1) is 14.4. The Bertz CT molecular complexity index is 937. The summed E-state index contributed by atoms with van der Waals surface area (Å²) in [6.07, 6.45) is 3.55. The lowest BCUT2D eigenvalue weighted by Crippen LogP contribution is -2.40. The monoisotopic (exact) mass is 431 g/mol. The van der Waals surface area contributed by atoms with Crippen molar-refractivity contribution >= 4 is 15.9 Å². The van der Waals surface area contributed by atoms with Crippen LogP contribution >= 0.6 is 0 Å². The number of hydrogen-bond acceptors (Lipinski definition) is 5. The van der Waals surface area contributed by atoms with E-state index in [0.29, 0.717) is 12.1 Å². The molecule has 0 bridgehead atoms. The standard InChI is InChI=1S/C22H29N3O4S/c1-23-30(27,28)20-12-8-18(9-13-20)22(26)24-16-21(25-14-4-3-5-15-25)17-6-10-19(29-2)11-7-17/h6-13,21,23H,3-5,14-16H2,1-2H3,(H,24,26). The van der Waals surface area contributed by atoms with Gasteiger partial charge in [0.1, 0.15) is 5.75 Å². The number of carbonyl (C=O) groups excluding carboxylic acids is 1. The van der Waals surface area contributed by atoms with Crippen LogP contribution in [0.15, 0.2) is 53.4 Å². The lowest BCUT2D eigenvalue weighted by molar-refractivity contribution is 0.0924. The molecule has 0 aromatic heterocycles. The first-order valence-corrected chi connectivity index (χ1v) is 11.6. The zero-order chi connectivity index (χ0) is 21.6. The molecule has 1 amide bonds. The van der Waals surface area contributed by atoms with Crippen LogP contribution in [-0.4, -0.2) is 53.0 Å². The van der Waals surface area contributed by atoms with Crippen molar-refractivity contribution in [3.63, 3.8) is 0 Å². The number of amides is 1. The molecule has 162 valence electrons. The lowest BCUT2D eigenvalue weighted by Gasteiger charge is -2.35. The van der Waals surface area contributed by atoms with Crippen LogP contribution in [0, 0.1) is 0 Å². The number of sulfonamides is 1. The predicted octanol–water partition coefficient (Wildman–Crippen LogP) is 2.56. The number of piperidine rings is 1. The molecule has 1 atom stereocenters. The maximum Gasteiger partial charge on any atom is 0.251 e. The van der Waals surface area contributed by atoms with Crippen LogP contribution in [0.25, 0.3) is 0 Å². The van der Waals surface area contributed by atoms with Gasteiger partial charge in [-0.25, -0.2) is 13.1 Å². The number of carbonyl (C=O) groups is 1. The Labute approximate surface area is 178 Å². The molecule has 1 saturated heterocycles. The van der Waals surface area contributed by atoms with Crippen LogP contribution in [-0.2, 0) is 10.0 Å². The van der Waals surface area contributed by atoms with Crippen LogP contribution < -0.4 is 14.8 Å². The topological polar surface area (TPSA) is 87.7 Å². The SMILES string of the molecule is CNS(=O)(=O)c1ccc(C(=O)NCC(c2ccc(OC)cc2)N2CCCCC2)cc1. The minimum atomic E-state index is -3.52. The van der Waals surface area contributed by atoms with E-state index in [1.54, 1.807) is 7.11 Å². The molecule has 0 saturated carbocycles. The van der Waals surface area contributed by atoms with E-state index >= 15 is 0 Å². The third-order valence-corrected chi connectivity index (χ3v) is 6.91. The van der Waals surface area contributed by atoms with Crippen molar-refractivity contribution in [3.8, 4) is 5.75 Å². The van der Waals surface area contributed by atoms with E-state index in [1.807, 2.05) is 24.3 Å². The average molecular weight is 432 g/mol. The van der Waals surface area contributed by atoms with E-state index in [9.17, 15) is 13.2 Å². The van der Waals surface area contributed by atoms with E-state index < -0.39 is 10.0 Å². The van der Waals surface area contributed by atoms with E-state index in [0.717, 1.165) is 37.2 Å². The van der Waals surface area contributed by atoms with Gasteiger partial charge in [-0.1, -0.05) is 18.6 Å². The molecule has 2 N–H and O–H groups in total. The molecule has 30 heavy (non-hydrogen) atoms. The molecule has 1 fully saturated rings. The summed E-state index contributed by atoms with van der Waals surface area (Å²) < 4.78 is 31.2. The highest BCUT2D eigenvalue weighted by atomic mass is 32.2. The van der Waals surface area contributed by atoms with Crippen molar-refractivity contribution in [3.05, 3.63) is 59.7 Å². The minimum absolute atomic E-state index is 0.0732. The molecule has 0 spiro atoms. The highest BCUT2D eigenvalue weighted by Gasteiger charge is 2.23. The lowest BCUT2D eigenvalue weighted by atomic mass is 10.0. The Kier molecular flexibility index (Phi) is 7.47. The molecule has 1 heterocycles. The first kappa shape index (κ1) is 22.3. The number of nitrogens with zero attached hydrogens (tertiary/aromatic N) is 1. The normalized spacial score (nSPS) is 16.1. The number of nitrogens with one attached hydrogen (secondary N) is 2. The van der Waals surface area contributed by atoms with Gasteiger partial charge in [-0.05, 0) is 74.9 Å². The molecule has 0 aliphatic carbocycles. The fourth-order valence-electron chi connectivity index (χ4n) is 3.71. The number of rotatable bonds is 8. The van der Waals surface area contributed by atoms with E-state index in [4.69, 9.17) is 4.74 Å². The molecule has 1 aliphatic rings. The molecule has 2 aromatic carbocycles. The molecular formula is C22H29N3O4S. The maximum atomic E-state index is 12.7. The number of likely N-dealkylation sites (tertiary alicyclic amines) is 1. The third kappa shape index (κ3) is 5.38.